The van der Waals surface area contributed by atoms with Gasteiger partial charge in [-0.3, -0.25) is 0 Å². The normalized spacial score (nSPS) is 10.9. The number of hydrogen-bond donors (Lipinski definition) is 4. The second kappa shape index (κ2) is 14.0. The fraction of sp³-hybridized carbons (Fsp3) is 0.556. The van der Waals surface area contributed by atoms with E-state index in [0.29, 0.717) is 31.6 Å². The average molecular weight is 402 g/mol. The summed E-state index contributed by atoms with van der Waals surface area (Å²) < 4.78 is 20.3. The summed E-state index contributed by atoms with van der Waals surface area (Å²) in [6, 6.07) is 2.74. The number of ether oxygens (including phenoxy) is 4. The summed E-state index contributed by atoms with van der Waals surface area (Å²) in [6.07, 6.45) is 1.00. The van der Waals surface area contributed by atoms with E-state index < -0.39 is 18.7 Å². The van der Waals surface area contributed by atoms with Crippen molar-refractivity contribution in [2.45, 2.75) is 26.1 Å². The molecule has 1 aromatic rings. The Labute approximate surface area is 162 Å². The SMILES string of the molecule is O=C(O)c1cc(COCCCOCO)cc(C(=O)O)c1COCCCOCO. The van der Waals surface area contributed by atoms with E-state index >= 15 is 0 Å². The molecule has 0 amide bonds. The predicted octanol–water partition coefficient (Wildman–Crippen LogP) is 0.829. The van der Waals surface area contributed by atoms with Gasteiger partial charge in [-0.2, -0.15) is 0 Å². The standard InChI is InChI=1S/C18H26O10/c19-11-27-5-1-3-25-9-13-7-14(17(21)22)16(15(8-13)18(23)24)10-26-4-2-6-28-12-20/h7-8,19-20H,1-6,9-12H2,(H,21,22)(H,23,24). The number of carboxylic acid groups (broad SMARTS) is 2. The van der Waals surface area contributed by atoms with Gasteiger partial charge >= 0.3 is 11.9 Å². The second-order valence-corrected chi connectivity index (χ2v) is 5.67. The van der Waals surface area contributed by atoms with Crippen molar-refractivity contribution in [3.8, 4) is 0 Å². The van der Waals surface area contributed by atoms with Crippen LogP contribution < -0.4 is 0 Å². The molecule has 1 aromatic carbocycles. The van der Waals surface area contributed by atoms with E-state index in [1.54, 1.807) is 0 Å². The molecular weight excluding hydrogens is 376 g/mol. The van der Waals surface area contributed by atoms with Crippen molar-refractivity contribution in [1.82, 2.24) is 0 Å². The van der Waals surface area contributed by atoms with E-state index in [4.69, 9.17) is 29.2 Å². The molecule has 0 aliphatic rings. The maximum absolute atomic E-state index is 11.6. The van der Waals surface area contributed by atoms with E-state index in [2.05, 4.69) is 0 Å². The molecule has 1 rings (SSSR count). The zero-order valence-corrected chi connectivity index (χ0v) is 15.5. The van der Waals surface area contributed by atoms with Crippen molar-refractivity contribution >= 4 is 11.9 Å². The maximum atomic E-state index is 11.6. The minimum absolute atomic E-state index is 0.0410. The quantitative estimate of drug-likeness (QED) is 0.231. The molecule has 0 aromatic heterocycles. The van der Waals surface area contributed by atoms with E-state index in [1.165, 1.54) is 12.1 Å². The Bertz CT molecular complexity index is 581. The molecule has 0 heterocycles. The monoisotopic (exact) mass is 402 g/mol. The van der Waals surface area contributed by atoms with Gasteiger partial charge in [-0.05, 0) is 30.5 Å². The topological polar surface area (TPSA) is 152 Å². The van der Waals surface area contributed by atoms with Crippen molar-refractivity contribution in [2.75, 3.05) is 40.0 Å². The lowest BCUT2D eigenvalue weighted by atomic mass is 9.98. The number of aromatic carboxylic acids is 2. The largest absolute Gasteiger partial charge is 0.478 e. The van der Waals surface area contributed by atoms with E-state index in [0.717, 1.165) is 0 Å². The van der Waals surface area contributed by atoms with Crippen molar-refractivity contribution < 1.29 is 49.0 Å². The number of rotatable bonds is 16. The number of aliphatic hydroxyl groups is 2. The van der Waals surface area contributed by atoms with Crippen LogP contribution in [0.1, 0.15) is 44.7 Å². The molecule has 0 radical (unpaired) electrons. The Morgan fingerprint density at radius 2 is 1.14 bits per heavy atom. The van der Waals surface area contributed by atoms with Crippen LogP contribution in [0.4, 0.5) is 0 Å². The molecule has 4 N–H and O–H groups in total. The molecule has 0 aliphatic carbocycles. The lowest BCUT2D eigenvalue weighted by Gasteiger charge is -2.14. The van der Waals surface area contributed by atoms with Crippen LogP contribution in [0.25, 0.3) is 0 Å². The van der Waals surface area contributed by atoms with E-state index in [9.17, 15) is 19.8 Å². The highest BCUT2D eigenvalue weighted by molar-refractivity contribution is 5.97. The van der Waals surface area contributed by atoms with Gasteiger partial charge in [0.05, 0.1) is 37.6 Å². The molecule has 10 heteroatoms. The zero-order valence-electron chi connectivity index (χ0n) is 15.5. The van der Waals surface area contributed by atoms with Gasteiger partial charge in [-0.25, -0.2) is 9.59 Å². The Morgan fingerprint density at radius 3 is 1.57 bits per heavy atom. The molecule has 0 bridgehead atoms. The third kappa shape index (κ3) is 8.74. The molecule has 0 spiro atoms. The first-order valence-corrected chi connectivity index (χ1v) is 8.66. The summed E-state index contributed by atoms with van der Waals surface area (Å²) in [6.45, 7) is 0.211. The molecule has 0 saturated heterocycles. The average Bonchev–Trinajstić information content (AvgIpc) is 2.67. The molecule has 0 unspecified atom stereocenters. The summed E-state index contributed by atoms with van der Waals surface area (Å²) >= 11 is 0. The highest BCUT2D eigenvalue weighted by atomic mass is 16.6. The second-order valence-electron chi connectivity index (χ2n) is 5.67. The van der Waals surface area contributed by atoms with Crippen LogP contribution in [0.15, 0.2) is 12.1 Å². The first-order valence-electron chi connectivity index (χ1n) is 8.66. The lowest BCUT2D eigenvalue weighted by molar-refractivity contribution is -0.0122. The molecule has 158 valence electrons. The molecule has 0 aliphatic heterocycles. The molecular formula is C18H26O10. The molecule has 28 heavy (non-hydrogen) atoms. The van der Waals surface area contributed by atoms with Crippen molar-refractivity contribution in [3.05, 3.63) is 34.4 Å². The zero-order chi connectivity index (χ0) is 20.8. The van der Waals surface area contributed by atoms with Crippen LogP contribution in [0.5, 0.6) is 0 Å². The van der Waals surface area contributed by atoms with Crippen LogP contribution in [-0.2, 0) is 32.2 Å². The first-order chi connectivity index (χ1) is 13.5. The van der Waals surface area contributed by atoms with Gasteiger partial charge in [-0.15, -0.1) is 0 Å². The summed E-state index contributed by atoms with van der Waals surface area (Å²) in [5.41, 5.74) is 0.170. The Balaban J connectivity index is 2.78. The first kappa shape index (κ1) is 24.0. The summed E-state index contributed by atoms with van der Waals surface area (Å²) in [5.74, 6) is -2.52. The van der Waals surface area contributed by atoms with Crippen LogP contribution in [-0.4, -0.2) is 72.4 Å². The number of hydrogen-bond acceptors (Lipinski definition) is 8. The molecule has 0 fully saturated rings. The van der Waals surface area contributed by atoms with Gasteiger partial charge in [0, 0.05) is 18.8 Å². The van der Waals surface area contributed by atoms with Crippen LogP contribution in [0, 0.1) is 0 Å². The number of benzene rings is 1. The van der Waals surface area contributed by atoms with Crippen molar-refractivity contribution in [3.63, 3.8) is 0 Å². The van der Waals surface area contributed by atoms with Gasteiger partial charge in [0.1, 0.15) is 13.6 Å². The minimum atomic E-state index is -1.26. The number of carbonyl (C=O) groups is 2. The summed E-state index contributed by atoms with van der Waals surface area (Å²) in [7, 11) is 0. The van der Waals surface area contributed by atoms with Crippen molar-refractivity contribution in [1.29, 1.82) is 0 Å². The highest BCUT2D eigenvalue weighted by Crippen LogP contribution is 2.21. The third-order valence-corrected chi connectivity index (χ3v) is 3.62. The van der Waals surface area contributed by atoms with Gasteiger partial charge in [0.2, 0.25) is 0 Å². The Morgan fingerprint density at radius 1 is 0.714 bits per heavy atom. The fourth-order valence-corrected chi connectivity index (χ4v) is 2.37. The Kier molecular flexibility index (Phi) is 12.0. The smallest absolute Gasteiger partial charge is 0.336 e. The van der Waals surface area contributed by atoms with Gasteiger partial charge in [-0.1, -0.05) is 0 Å². The fourth-order valence-electron chi connectivity index (χ4n) is 2.37. The summed E-state index contributed by atoms with van der Waals surface area (Å²) in [5, 5.41) is 35.9. The maximum Gasteiger partial charge on any atom is 0.336 e. The van der Waals surface area contributed by atoms with Crippen LogP contribution in [0.3, 0.4) is 0 Å². The molecule has 0 atom stereocenters. The van der Waals surface area contributed by atoms with Crippen LogP contribution in [0.2, 0.25) is 0 Å². The lowest BCUT2D eigenvalue weighted by Crippen LogP contribution is -2.14. The minimum Gasteiger partial charge on any atom is -0.478 e. The Hall–Kier alpha value is -2.08. The van der Waals surface area contributed by atoms with E-state index in [-0.39, 0.29) is 49.9 Å². The van der Waals surface area contributed by atoms with Crippen LogP contribution >= 0.6 is 0 Å². The summed E-state index contributed by atoms with van der Waals surface area (Å²) in [4.78, 5) is 23.2. The predicted molar refractivity (Wildman–Crippen MR) is 95.0 cm³/mol. The van der Waals surface area contributed by atoms with Crippen molar-refractivity contribution in [2.24, 2.45) is 0 Å². The van der Waals surface area contributed by atoms with Gasteiger partial charge in [0.15, 0.2) is 0 Å². The van der Waals surface area contributed by atoms with Gasteiger partial charge < -0.3 is 39.4 Å². The number of carboxylic acids is 2. The number of aliphatic hydroxyl groups excluding tert-OH is 2. The highest BCUT2D eigenvalue weighted by Gasteiger charge is 2.20. The molecule has 0 saturated carbocycles. The molecule has 10 nitrogen and oxygen atoms in total. The van der Waals surface area contributed by atoms with Gasteiger partial charge in [0.25, 0.3) is 0 Å². The van der Waals surface area contributed by atoms with E-state index in [1.807, 2.05) is 0 Å². The third-order valence-electron chi connectivity index (χ3n) is 3.62.